The number of phenolic OH excluding ortho intramolecular Hbond substituents is 1. The van der Waals surface area contributed by atoms with Gasteiger partial charge in [-0.25, -0.2) is 0 Å². The molecule has 2 heteroatoms. The number of hydrogen-bond donors (Lipinski definition) is 2. The van der Waals surface area contributed by atoms with Crippen molar-refractivity contribution < 1.29 is 10.2 Å². The van der Waals surface area contributed by atoms with Gasteiger partial charge in [0.25, 0.3) is 0 Å². The van der Waals surface area contributed by atoms with E-state index >= 15 is 0 Å². The van der Waals surface area contributed by atoms with Gasteiger partial charge in [-0.2, -0.15) is 0 Å². The van der Waals surface area contributed by atoms with Gasteiger partial charge in [-0.3, -0.25) is 0 Å². The van der Waals surface area contributed by atoms with Crippen molar-refractivity contribution >= 4 is 5.57 Å². The zero-order chi connectivity index (χ0) is 13.8. The number of aliphatic hydroxyl groups excluding tert-OH is 1. The van der Waals surface area contributed by atoms with Gasteiger partial charge < -0.3 is 10.2 Å². The highest BCUT2D eigenvalue weighted by Crippen LogP contribution is 2.30. The summed E-state index contributed by atoms with van der Waals surface area (Å²) in [7, 11) is 0. The van der Waals surface area contributed by atoms with Crippen LogP contribution in [0.15, 0.2) is 48.5 Å². The molecule has 2 rings (SSSR count). The molecular weight excluding hydrogens is 236 g/mol. The predicted molar refractivity (Wildman–Crippen MR) is 78.2 cm³/mol. The summed E-state index contributed by atoms with van der Waals surface area (Å²) in [6.07, 6.45) is 1.77. The summed E-state index contributed by atoms with van der Waals surface area (Å²) in [5.41, 5.74) is 5.08. The number of rotatable bonds is 3. The molecule has 0 saturated carbocycles. The van der Waals surface area contributed by atoms with Gasteiger partial charge in [-0.05, 0) is 53.8 Å². The highest BCUT2D eigenvalue weighted by molar-refractivity contribution is 5.82. The molecule has 0 amide bonds. The minimum absolute atomic E-state index is 0.0294. The van der Waals surface area contributed by atoms with Crippen molar-refractivity contribution in [2.45, 2.75) is 13.8 Å². The summed E-state index contributed by atoms with van der Waals surface area (Å²) in [6.45, 7) is 3.97. The first kappa shape index (κ1) is 13.4. The summed E-state index contributed by atoms with van der Waals surface area (Å²) in [5.74, 6) is 0.248. The minimum atomic E-state index is -0.0294. The van der Waals surface area contributed by atoms with E-state index in [1.807, 2.05) is 44.2 Å². The van der Waals surface area contributed by atoms with E-state index in [2.05, 4.69) is 0 Å². The fourth-order valence-electron chi connectivity index (χ4n) is 2.21. The molecule has 0 atom stereocenters. The standard InChI is InChI=1S/C17H18O2/c1-12-10-15(19)11-17(13(12)2)16(8-9-18)14-6-4-3-5-7-14/h3-8,10-11,18-19H,9H2,1-2H3/b16-8-. The molecular formula is C17H18O2. The van der Waals surface area contributed by atoms with Gasteiger partial charge in [0.15, 0.2) is 0 Å². The lowest BCUT2D eigenvalue weighted by molar-refractivity contribution is 0.343. The third-order valence-electron chi connectivity index (χ3n) is 3.32. The zero-order valence-corrected chi connectivity index (χ0v) is 11.2. The molecule has 2 N–H and O–H groups in total. The topological polar surface area (TPSA) is 40.5 Å². The van der Waals surface area contributed by atoms with Gasteiger partial charge in [0, 0.05) is 0 Å². The van der Waals surface area contributed by atoms with E-state index in [9.17, 15) is 10.2 Å². The van der Waals surface area contributed by atoms with Crippen molar-refractivity contribution in [3.63, 3.8) is 0 Å². The van der Waals surface area contributed by atoms with Crippen molar-refractivity contribution in [2.75, 3.05) is 6.61 Å². The van der Waals surface area contributed by atoms with Gasteiger partial charge >= 0.3 is 0 Å². The van der Waals surface area contributed by atoms with E-state index in [1.165, 1.54) is 0 Å². The molecule has 0 unspecified atom stereocenters. The Hall–Kier alpha value is -2.06. The summed E-state index contributed by atoms with van der Waals surface area (Å²) >= 11 is 0. The lowest BCUT2D eigenvalue weighted by Gasteiger charge is -2.14. The van der Waals surface area contributed by atoms with E-state index in [1.54, 1.807) is 18.2 Å². The van der Waals surface area contributed by atoms with Crippen molar-refractivity contribution in [3.05, 3.63) is 70.8 Å². The van der Waals surface area contributed by atoms with E-state index in [4.69, 9.17) is 0 Å². The first-order valence-corrected chi connectivity index (χ1v) is 6.30. The second kappa shape index (κ2) is 5.72. The predicted octanol–water partition coefficient (Wildman–Crippen LogP) is 3.43. The van der Waals surface area contributed by atoms with Crippen LogP contribution in [-0.4, -0.2) is 16.8 Å². The Morgan fingerprint density at radius 3 is 2.42 bits per heavy atom. The Labute approximate surface area is 113 Å². The Morgan fingerprint density at radius 1 is 1.11 bits per heavy atom. The quantitative estimate of drug-likeness (QED) is 0.881. The van der Waals surface area contributed by atoms with Crippen LogP contribution in [0.25, 0.3) is 5.57 Å². The average molecular weight is 254 g/mol. The SMILES string of the molecule is Cc1cc(O)cc(/C(=C\CO)c2ccccc2)c1C. The van der Waals surface area contributed by atoms with Gasteiger partial charge in [0.2, 0.25) is 0 Å². The number of aliphatic hydroxyl groups is 1. The van der Waals surface area contributed by atoms with Crippen molar-refractivity contribution in [1.29, 1.82) is 0 Å². The number of hydrogen-bond acceptors (Lipinski definition) is 2. The largest absolute Gasteiger partial charge is 0.508 e. The smallest absolute Gasteiger partial charge is 0.116 e. The normalized spacial score (nSPS) is 11.6. The van der Waals surface area contributed by atoms with Crippen LogP contribution in [0.3, 0.4) is 0 Å². The van der Waals surface area contributed by atoms with E-state index in [0.717, 1.165) is 27.8 Å². The maximum Gasteiger partial charge on any atom is 0.116 e. The monoisotopic (exact) mass is 254 g/mol. The first-order chi connectivity index (χ1) is 9.13. The van der Waals surface area contributed by atoms with Crippen LogP contribution in [0.1, 0.15) is 22.3 Å². The average Bonchev–Trinajstić information content (AvgIpc) is 2.41. The molecule has 0 spiro atoms. The second-order valence-electron chi connectivity index (χ2n) is 4.60. The van der Waals surface area contributed by atoms with Crippen LogP contribution in [-0.2, 0) is 0 Å². The summed E-state index contributed by atoms with van der Waals surface area (Å²) < 4.78 is 0. The lowest BCUT2D eigenvalue weighted by atomic mass is 9.91. The first-order valence-electron chi connectivity index (χ1n) is 6.30. The molecule has 0 saturated heterocycles. The molecule has 2 aromatic rings. The Bertz CT molecular complexity index is 598. The molecule has 0 fully saturated rings. The van der Waals surface area contributed by atoms with Gasteiger partial charge in [-0.1, -0.05) is 36.4 Å². The molecule has 0 bridgehead atoms. The van der Waals surface area contributed by atoms with Crippen molar-refractivity contribution in [3.8, 4) is 5.75 Å². The number of aromatic hydroxyl groups is 1. The number of phenols is 1. The molecule has 0 heterocycles. The fourth-order valence-corrected chi connectivity index (χ4v) is 2.21. The third kappa shape index (κ3) is 2.85. The molecule has 0 aliphatic heterocycles. The van der Waals surface area contributed by atoms with E-state index in [-0.39, 0.29) is 12.4 Å². The van der Waals surface area contributed by atoms with Gasteiger partial charge in [-0.15, -0.1) is 0 Å². The van der Waals surface area contributed by atoms with Crippen LogP contribution < -0.4 is 0 Å². The third-order valence-corrected chi connectivity index (χ3v) is 3.32. The number of aryl methyl sites for hydroxylation is 1. The molecule has 0 aliphatic carbocycles. The fraction of sp³-hybridized carbons (Fsp3) is 0.176. The second-order valence-corrected chi connectivity index (χ2v) is 4.60. The highest BCUT2D eigenvalue weighted by Gasteiger charge is 2.10. The molecule has 19 heavy (non-hydrogen) atoms. The van der Waals surface area contributed by atoms with E-state index in [0.29, 0.717) is 0 Å². The Kier molecular flexibility index (Phi) is 4.03. The van der Waals surface area contributed by atoms with Crippen LogP contribution in [0, 0.1) is 13.8 Å². The lowest BCUT2D eigenvalue weighted by Crippen LogP contribution is -1.95. The van der Waals surface area contributed by atoms with Crippen LogP contribution in [0.4, 0.5) is 0 Å². The van der Waals surface area contributed by atoms with Crippen LogP contribution in [0.2, 0.25) is 0 Å². The molecule has 0 aromatic heterocycles. The Balaban J connectivity index is 2.62. The molecule has 0 radical (unpaired) electrons. The Morgan fingerprint density at radius 2 is 1.79 bits per heavy atom. The minimum Gasteiger partial charge on any atom is -0.508 e. The summed E-state index contributed by atoms with van der Waals surface area (Å²) in [5, 5.41) is 19.0. The van der Waals surface area contributed by atoms with Gasteiger partial charge in [0.1, 0.15) is 5.75 Å². The number of benzene rings is 2. The summed E-state index contributed by atoms with van der Waals surface area (Å²) in [6, 6.07) is 13.4. The zero-order valence-electron chi connectivity index (χ0n) is 11.2. The molecule has 2 nitrogen and oxygen atoms in total. The summed E-state index contributed by atoms with van der Waals surface area (Å²) in [4.78, 5) is 0. The molecule has 0 aliphatic rings. The van der Waals surface area contributed by atoms with Crippen molar-refractivity contribution in [1.82, 2.24) is 0 Å². The van der Waals surface area contributed by atoms with Crippen LogP contribution >= 0.6 is 0 Å². The maximum absolute atomic E-state index is 9.79. The molecule has 2 aromatic carbocycles. The van der Waals surface area contributed by atoms with Gasteiger partial charge in [0.05, 0.1) is 6.61 Å². The molecule has 98 valence electrons. The highest BCUT2D eigenvalue weighted by atomic mass is 16.3. The maximum atomic E-state index is 9.79. The van der Waals surface area contributed by atoms with Crippen LogP contribution in [0.5, 0.6) is 5.75 Å². The van der Waals surface area contributed by atoms with Crippen molar-refractivity contribution in [2.24, 2.45) is 0 Å². The van der Waals surface area contributed by atoms with E-state index < -0.39 is 0 Å².